The minimum Gasteiger partial charge on any atom is -0.497 e. The van der Waals surface area contributed by atoms with Crippen LogP contribution in [0.15, 0.2) is 60.7 Å². The third kappa shape index (κ3) is 5.07. The number of rotatable bonds is 6. The number of carbonyl (C=O) groups excluding carboxylic acids is 1. The van der Waals surface area contributed by atoms with E-state index in [2.05, 4.69) is 29.6 Å². The first-order valence-corrected chi connectivity index (χ1v) is 10.7. The molecule has 2 N–H and O–H groups in total. The fourth-order valence-electron chi connectivity index (χ4n) is 5.01. The summed E-state index contributed by atoms with van der Waals surface area (Å²) in [6.07, 6.45) is 9.54. The van der Waals surface area contributed by atoms with Gasteiger partial charge in [0.15, 0.2) is 0 Å². The van der Waals surface area contributed by atoms with E-state index in [1.165, 1.54) is 24.8 Å². The Morgan fingerprint density at radius 1 is 1.07 bits per heavy atom. The van der Waals surface area contributed by atoms with Crippen LogP contribution in [0.2, 0.25) is 0 Å². The Hall–Kier alpha value is -2.59. The summed E-state index contributed by atoms with van der Waals surface area (Å²) < 4.78 is 5.28. The van der Waals surface area contributed by atoms with Gasteiger partial charge in [-0.2, -0.15) is 0 Å². The van der Waals surface area contributed by atoms with Crippen molar-refractivity contribution in [3.05, 3.63) is 71.8 Å². The highest BCUT2D eigenvalue weighted by Gasteiger charge is 2.41. The molecule has 0 aromatic heterocycles. The first kappa shape index (κ1) is 19.7. The van der Waals surface area contributed by atoms with Crippen LogP contribution in [0.25, 0.3) is 6.08 Å². The van der Waals surface area contributed by atoms with Crippen LogP contribution in [0.1, 0.15) is 43.2 Å². The number of hydrogen-bond donors (Lipinski definition) is 2. The molecular weight excluding hydrogens is 360 g/mol. The van der Waals surface area contributed by atoms with Crippen molar-refractivity contribution >= 4 is 12.0 Å². The molecule has 2 aromatic carbocycles. The molecule has 29 heavy (non-hydrogen) atoms. The van der Waals surface area contributed by atoms with Crippen molar-refractivity contribution in [3.63, 3.8) is 0 Å². The normalized spacial score (nSPS) is 26.2. The molecule has 2 saturated heterocycles. The number of piperidine rings is 2. The SMILES string of the molecule is COc1ccc(C[NH+]2[C@@H]3CCC[C@H]2CC(NC(=O)/C=C/c2ccccc2)C3)cc1. The number of fused-ring (bicyclic) bond motifs is 2. The highest BCUT2D eigenvalue weighted by atomic mass is 16.5. The van der Waals surface area contributed by atoms with E-state index in [-0.39, 0.29) is 11.9 Å². The van der Waals surface area contributed by atoms with E-state index in [0.29, 0.717) is 12.1 Å². The predicted octanol–water partition coefficient (Wildman–Crippen LogP) is 2.99. The van der Waals surface area contributed by atoms with Gasteiger partial charge < -0.3 is 15.0 Å². The Bertz CT molecular complexity index is 818. The van der Waals surface area contributed by atoms with Gasteiger partial charge in [0.2, 0.25) is 5.91 Å². The summed E-state index contributed by atoms with van der Waals surface area (Å²) in [7, 11) is 1.71. The summed E-state index contributed by atoms with van der Waals surface area (Å²) in [5.74, 6) is 0.935. The maximum Gasteiger partial charge on any atom is 0.244 e. The maximum atomic E-state index is 12.4. The molecule has 1 amide bonds. The molecule has 0 saturated carbocycles. The van der Waals surface area contributed by atoms with Crippen LogP contribution < -0.4 is 15.0 Å². The van der Waals surface area contributed by atoms with Gasteiger partial charge in [-0.15, -0.1) is 0 Å². The lowest BCUT2D eigenvalue weighted by Crippen LogP contribution is -3.20. The third-order valence-corrected chi connectivity index (χ3v) is 6.43. The quantitative estimate of drug-likeness (QED) is 0.744. The van der Waals surface area contributed by atoms with Crippen LogP contribution in [-0.2, 0) is 11.3 Å². The minimum absolute atomic E-state index is 0.0236. The highest BCUT2D eigenvalue weighted by molar-refractivity contribution is 5.91. The van der Waals surface area contributed by atoms with Gasteiger partial charge in [0.25, 0.3) is 0 Å². The standard InChI is InChI=1S/C25H30N2O2/c1-29-24-13-10-20(11-14-24)18-27-22-8-5-9-23(27)17-21(16-22)26-25(28)15-12-19-6-3-2-4-7-19/h2-4,6-7,10-15,21-23H,5,8-9,16-18H2,1H3,(H,26,28)/p+1/b15-12+/t21?,22-,23+. The topological polar surface area (TPSA) is 42.8 Å². The summed E-state index contributed by atoms with van der Waals surface area (Å²) >= 11 is 0. The van der Waals surface area contributed by atoms with Crippen molar-refractivity contribution in [1.82, 2.24) is 5.32 Å². The van der Waals surface area contributed by atoms with Crippen molar-refractivity contribution in [2.45, 2.75) is 56.8 Å². The van der Waals surface area contributed by atoms with Crippen LogP contribution in [0, 0.1) is 0 Å². The van der Waals surface area contributed by atoms with Crippen molar-refractivity contribution in [3.8, 4) is 5.75 Å². The second-order valence-corrected chi connectivity index (χ2v) is 8.35. The fraction of sp³-hybridized carbons (Fsp3) is 0.400. The van der Waals surface area contributed by atoms with Crippen LogP contribution >= 0.6 is 0 Å². The molecular formula is C25H31N2O2+. The number of nitrogens with one attached hydrogen (secondary N) is 2. The van der Waals surface area contributed by atoms with E-state index in [1.807, 2.05) is 36.4 Å². The van der Waals surface area contributed by atoms with Crippen LogP contribution in [-0.4, -0.2) is 31.1 Å². The molecule has 0 spiro atoms. The zero-order chi connectivity index (χ0) is 20.1. The molecule has 152 valence electrons. The molecule has 4 rings (SSSR count). The monoisotopic (exact) mass is 391 g/mol. The number of hydrogen-bond acceptors (Lipinski definition) is 2. The van der Waals surface area contributed by atoms with Gasteiger partial charge in [-0.1, -0.05) is 30.3 Å². The van der Waals surface area contributed by atoms with Crippen LogP contribution in [0.3, 0.4) is 0 Å². The van der Waals surface area contributed by atoms with E-state index < -0.39 is 0 Å². The van der Waals surface area contributed by atoms with Crippen LogP contribution in [0.4, 0.5) is 0 Å². The second kappa shape index (κ2) is 9.27. The Labute approximate surface area is 173 Å². The summed E-state index contributed by atoms with van der Waals surface area (Å²) in [6.45, 7) is 1.06. The number of ether oxygens (including phenoxy) is 1. The highest BCUT2D eigenvalue weighted by Crippen LogP contribution is 2.23. The molecule has 0 radical (unpaired) electrons. The Kier molecular flexibility index (Phi) is 6.30. The van der Waals surface area contributed by atoms with E-state index in [1.54, 1.807) is 18.1 Å². The van der Waals surface area contributed by atoms with Gasteiger partial charge in [0, 0.05) is 30.5 Å². The second-order valence-electron chi connectivity index (χ2n) is 8.35. The number of amides is 1. The molecule has 4 heteroatoms. The van der Waals surface area contributed by atoms with Gasteiger partial charge >= 0.3 is 0 Å². The lowest BCUT2D eigenvalue weighted by molar-refractivity contribution is -0.973. The van der Waals surface area contributed by atoms with Gasteiger partial charge in [0.1, 0.15) is 12.3 Å². The molecule has 4 nitrogen and oxygen atoms in total. The van der Waals surface area contributed by atoms with Gasteiger partial charge in [-0.3, -0.25) is 4.79 Å². The largest absolute Gasteiger partial charge is 0.497 e. The van der Waals surface area contributed by atoms with Crippen molar-refractivity contribution in [2.24, 2.45) is 0 Å². The molecule has 2 aromatic rings. The smallest absolute Gasteiger partial charge is 0.244 e. The van der Waals surface area contributed by atoms with Crippen molar-refractivity contribution in [1.29, 1.82) is 0 Å². The van der Waals surface area contributed by atoms with Gasteiger partial charge in [-0.05, 0) is 55.2 Å². The lowest BCUT2D eigenvalue weighted by atomic mass is 9.81. The molecule has 2 unspecified atom stereocenters. The summed E-state index contributed by atoms with van der Waals surface area (Å²) in [5.41, 5.74) is 2.42. The molecule has 2 aliphatic heterocycles. The van der Waals surface area contributed by atoms with E-state index in [4.69, 9.17) is 4.74 Å². The van der Waals surface area contributed by atoms with E-state index in [9.17, 15) is 4.79 Å². The molecule has 2 heterocycles. The minimum atomic E-state index is 0.0236. The molecule has 2 fully saturated rings. The molecule has 4 atom stereocenters. The third-order valence-electron chi connectivity index (χ3n) is 6.43. The Morgan fingerprint density at radius 3 is 2.41 bits per heavy atom. The van der Waals surface area contributed by atoms with Crippen molar-refractivity contribution in [2.75, 3.05) is 7.11 Å². The summed E-state index contributed by atoms with van der Waals surface area (Å²) in [5, 5.41) is 3.26. The first-order valence-electron chi connectivity index (χ1n) is 10.7. The fourth-order valence-corrected chi connectivity index (χ4v) is 5.01. The Morgan fingerprint density at radius 2 is 1.76 bits per heavy atom. The van der Waals surface area contributed by atoms with Crippen molar-refractivity contribution < 1.29 is 14.4 Å². The van der Waals surface area contributed by atoms with Crippen LogP contribution in [0.5, 0.6) is 5.75 Å². The molecule has 0 aliphatic carbocycles. The first-order chi connectivity index (χ1) is 14.2. The average molecular weight is 392 g/mol. The summed E-state index contributed by atoms with van der Waals surface area (Å²) in [4.78, 5) is 14.1. The molecule has 2 bridgehead atoms. The average Bonchev–Trinajstić information content (AvgIpc) is 2.74. The van der Waals surface area contributed by atoms with Gasteiger partial charge in [0.05, 0.1) is 19.2 Å². The maximum absolute atomic E-state index is 12.4. The zero-order valence-corrected chi connectivity index (χ0v) is 17.1. The lowest BCUT2D eigenvalue weighted by Gasteiger charge is -2.46. The van der Waals surface area contributed by atoms with E-state index in [0.717, 1.165) is 30.7 Å². The van der Waals surface area contributed by atoms with E-state index >= 15 is 0 Å². The van der Waals surface area contributed by atoms with Gasteiger partial charge in [-0.25, -0.2) is 0 Å². The predicted molar refractivity (Wildman–Crippen MR) is 116 cm³/mol. The molecule has 2 aliphatic rings. The number of benzene rings is 2. The number of quaternary nitrogens is 1. The zero-order valence-electron chi connectivity index (χ0n) is 17.1. The number of carbonyl (C=O) groups is 1. The number of methoxy groups -OCH3 is 1. The summed E-state index contributed by atoms with van der Waals surface area (Å²) in [6, 6.07) is 20.0. The Balaban J connectivity index is 1.35.